The summed E-state index contributed by atoms with van der Waals surface area (Å²) in [4.78, 5) is 14.6. The molecule has 1 fully saturated rings. The molecule has 0 radical (unpaired) electrons. The van der Waals surface area contributed by atoms with Gasteiger partial charge in [-0.1, -0.05) is 35.9 Å². The molecule has 0 N–H and O–H groups in total. The molecule has 2 heterocycles. The van der Waals surface area contributed by atoms with Gasteiger partial charge in [0, 0.05) is 5.56 Å². The number of carbonyl (C=O) groups excluding carboxylic acids is 1. The van der Waals surface area contributed by atoms with Gasteiger partial charge in [0.2, 0.25) is 0 Å². The van der Waals surface area contributed by atoms with Gasteiger partial charge in [0.05, 0.1) is 30.5 Å². The Hall–Kier alpha value is -2.08. The van der Waals surface area contributed by atoms with Crippen LogP contribution in [0.5, 0.6) is 5.75 Å². The third-order valence-corrected chi connectivity index (χ3v) is 4.71. The standard InChI is InChI=1S/C19H18ClNO4/c1-13-4-2-5-14(12-13)23-9-8-21-17-15(6-3-7-16(17)20)19(18(21)22)24-10-11-25-19/h2-7,12H,8-11H2,1H3. The van der Waals surface area contributed by atoms with Crippen molar-refractivity contribution in [2.45, 2.75) is 12.7 Å². The van der Waals surface area contributed by atoms with Crippen LogP contribution in [0.1, 0.15) is 11.1 Å². The Bertz CT molecular complexity index is 817. The van der Waals surface area contributed by atoms with Crippen LogP contribution in [0.4, 0.5) is 5.69 Å². The zero-order chi connectivity index (χ0) is 17.4. The van der Waals surface area contributed by atoms with Gasteiger partial charge in [-0.3, -0.25) is 4.79 Å². The molecule has 5 nitrogen and oxygen atoms in total. The van der Waals surface area contributed by atoms with Crippen LogP contribution in [0.3, 0.4) is 0 Å². The molecular formula is C19H18ClNO4. The first-order valence-electron chi connectivity index (χ1n) is 8.20. The number of aryl methyl sites for hydroxylation is 1. The number of para-hydroxylation sites is 1. The Kier molecular flexibility index (Phi) is 4.15. The number of rotatable bonds is 4. The first kappa shape index (κ1) is 16.4. The van der Waals surface area contributed by atoms with Crippen LogP contribution in [0.15, 0.2) is 42.5 Å². The van der Waals surface area contributed by atoms with Crippen molar-refractivity contribution in [3.05, 3.63) is 58.6 Å². The largest absolute Gasteiger partial charge is 0.492 e. The zero-order valence-electron chi connectivity index (χ0n) is 13.8. The van der Waals surface area contributed by atoms with E-state index in [2.05, 4.69) is 0 Å². The van der Waals surface area contributed by atoms with Crippen LogP contribution < -0.4 is 9.64 Å². The smallest absolute Gasteiger partial charge is 0.292 e. The van der Waals surface area contributed by atoms with E-state index < -0.39 is 5.79 Å². The van der Waals surface area contributed by atoms with Crippen molar-refractivity contribution in [1.82, 2.24) is 0 Å². The molecule has 6 heteroatoms. The van der Waals surface area contributed by atoms with Crippen molar-refractivity contribution < 1.29 is 19.0 Å². The molecule has 2 aliphatic heterocycles. The first-order valence-corrected chi connectivity index (χ1v) is 8.58. The first-order chi connectivity index (χ1) is 12.1. The lowest BCUT2D eigenvalue weighted by Crippen LogP contribution is -2.42. The van der Waals surface area contributed by atoms with Gasteiger partial charge >= 0.3 is 0 Å². The quantitative estimate of drug-likeness (QED) is 0.840. The molecule has 4 rings (SSSR count). The molecule has 1 saturated heterocycles. The highest BCUT2D eigenvalue weighted by Gasteiger charge is 2.56. The summed E-state index contributed by atoms with van der Waals surface area (Å²) in [6.07, 6.45) is 0. The Labute approximate surface area is 151 Å². The summed E-state index contributed by atoms with van der Waals surface area (Å²) in [6, 6.07) is 13.2. The van der Waals surface area contributed by atoms with Crippen molar-refractivity contribution in [3.8, 4) is 5.75 Å². The third kappa shape index (κ3) is 2.68. The average Bonchev–Trinajstić information content (AvgIpc) is 3.17. The normalized spacial score (nSPS) is 18.0. The number of halogens is 1. The molecule has 0 aromatic heterocycles. The monoisotopic (exact) mass is 359 g/mol. The summed E-state index contributed by atoms with van der Waals surface area (Å²) < 4.78 is 17.2. The summed E-state index contributed by atoms with van der Waals surface area (Å²) in [5.74, 6) is -0.834. The highest BCUT2D eigenvalue weighted by molar-refractivity contribution is 6.35. The lowest BCUT2D eigenvalue weighted by Gasteiger charge is -2.22. The molecular weight excluding hydrogens is 342 g/mol. The fourth-order valence-corrected chi connectivity index (χ4v) is 3.59. The van der Waals surface area contributed by atoms with Crippen molar-refractivity contribution >= 4 is 23.2 Å². The van der Waals surface area contributed by atoms with Crippen molar-refractivity contribution in [2.75, 3.05) is 31.3 Å². The maximum Gasteiger partial charge on any atom is 0.292 e. The van der Waals surface area contributed by atoms with Gasteiger partial charge in [-0.05, 0) is 30.7 Å². The number of nitrogens with zero attached hydrogens (tertiary/aromatic N) is 1. The number of hydrogen-bond acceptors (Lipinski definition) is 4. The minimum atomic E-state index is -1.36. The van der Waals surface area contributed by atoms with Gasteiger partial charge < -0.3 is 19.1 Å². The third-order valence-electron chi connectivity index (χ3n) is 4.41. The molecule has 0 saturated carbocycles. The number of ether oxygens (including phenoxy) is 3. The molecule has 2 aromatic carbocycles. The summed E-state index contributed by atoms with van der Waals surface area (Å²) in [7, 11) is 0. The Morgan fingerprint density at radius 2 is 1.96 bits per heavy atom. The second-order valence-electron chi connectivity index (χ2n) is 6.07. The predicted octanol–water partition coefficient (Wildman–Crippen LogP) is 3.27. The lowest BCUT2D eigenvalue weighted by atomic mass is 10.1. The zero-order valence-corrected chi connectivity index (χ0v) is 14.6. The Balaban J connectivity index is 1.57. The molecule has 1 spiro atoms. The molecule has 1 amide bonds. The van der Waals surface area contributed by atoms with E-state index in [0.29, 0.717) is 42.6 Å². The van der Waals surface area contributed by atoms with E-state index in [1.165, 1.54) is 0 Å². The van der Waals surface area contributed by atoms with Gasteiger partial charge in [-0.15, -0.1) is 0 Å². The number of hydrogen-bond donors (Lipinski definition) is 0. The molecule has 0 atom stereocenters. The summed E-state index contributed by atoms with van der Waals surface area (Å²) in [5, 5.41) is 0.498. The van der Waals surface area contributed by atoms with E-state index >= 15 is 0 Å². The van der Waals surface area contributed by atoms with E-state index in [-0.39, 0.29) is 5.91 Å². The van der Waals surface area contributed by atoms with Crippen LogP contribution in [0, 0.1) is 6.92 Å². The van der Waals surface area contributed by atoms with Crippen LogP contribution in [-0.2, 0) is 20.1 Å². The maximum atomic E-state index is 13.0. The number of fused-ring (bicyclic) bond motifs is 2. The van der Waals surface area contributed by atoms with Gasteiger partial charge in [0.15, 0.2) is 0 Å². The summed E-state index contributed by atoms with van der Waals surface area (Å²) >= 11 is 6.36. The molecule has 0 unspecified atom stereocenters. The van der Waals surface area contributed by atoms with Crippen LogP contribution in [-0.4, -0.2) is 32.3 Å². The van der Waals surface area contributed by atoms with Crippen molar-refractivity contribution in [1.29, 1.82) is 0 Å². The van der Waals surface area contributed by atoms with Crippen LogP contribution in [0.2, 0.25) is 5.02 Å². The topological polar surface area (TPSA) is 48.0 Å². The van der Waals surface area contributed by atoms with Gasteiger partial charge in [-0.25, -0.2) is 0 Å². The summed E-state index contributed by atoms with van der Waals surface area (Å²) in [6.45, 7) is 3.47. The van der Waals surface area contributed by atoms with Crippen molar-refractivity contribution in [3.63, 3.8) is 0 Å². The second kappa shape index (κ2) is 6.33. The van der Waals surface area contributed by atoms with Gasteiger partial charge in [0.25, 0.3) is 11.7 Å². The molecule has 2 aromatic rings. The second-order valence-corrected chi connectivity index (χ2v) is 6.48. The molecule has 2 aliphatic rings. The minimum Gasteiger partial charge on any atom is -0.492 e. The average molecular weight is 360 g/mol. The number of anilines is 1. The highest BCUT2D eigenvalue weighted by atomic mass is 35.5. The number of amides is 1. The molecule has 130 valence electrons. The fraction of sp³-hybridized carbons (Fsp3) is 0.316. The van der Waals surface area contributed by atoms with Gasteiger partial charge in [-0.2, -0.15) is 0 Å². The number of benzene rings is 2. The summed E-state index contributed by atoms with van der Waals surface area (Å²) in [5.41, 5.74) is 2.43. The maximum absolute atomic E-state index is 13.0. The van der Waals surface area contributed by atoms with E-state index in [9.17, 15) is 4.79 Å². The van der Waals surface area contributed by atoms with E-state index in [1.807, 2.05) is 37.3 Å². The lowest BCUT2D eigenvalue weighted by molar-refractivity contribution is -0.180. The minimum absolute atomic E-state index is 0.249. The molecule has 0 bridgehead atoms. The highest BCUT2D eigenvalue weighted by Crippen LogP contribution is 2.48. The fourth-order valence-electron chi connectivity index (χ4n) is 3.31. The van der Waals surface area contributed by atoms with E-state index in [4.69, 9.17) is 25.8 Å². The SMILES string of the molecule is Cc1cccc(OCCN2C(=O)C3(OCCO3)c3cccc(Cl)c32)c1. The Morgan fingerprint density at radius 1 is 1.20 bits per heavy atom. The molecule has 25 heavy (non-hydrogen) atoms. The van der Waals surface area contributed by atoms with Crippen LogP contribution >= 0.6 is 11.6 Å². The molecule has 0 aliphatic carbocycles. The van der Waals surface area contributed by atoms with Gasteiger partial charge in [0.1, 0.15) is 12.4 Å². The van der Waals surface area contributed by atoms with Crippen molar-refractivity contribution in [2.24, 2.45) is 0 Å². The predicted molar refractivity (Wildman–Crippen MR) is 94.1 cm³/mol. The van der Waals surface area contributed by atoms with Crippen LogP contribution in [0.25, 0.3) is 0 Å². The van der Waals surface area contributed by atoms with E-state index in [0.717, 1.165) is 11.3 Å². The number of carbonyl (C=O) groups is 1. The van der Waals surface area contributed by atoms with E-state index in [1.54, 1.807) is 17.0 Å². The Morgan fingerprint density at radius 3 is 2.72 bits per heavy atom.